The van der Waals surface area contributed by atoms with Gasteiger partial charge < -0.3 is 8.92 Å². The van der Waals surface area contributed by atoms with Crippen molar-refractivity contribution in [1.82, 2.24) is 0 Å². The summed E-state index contributed by atoms with van der Waals surface area (Å²) in [5, 5.41) is 0. The minimum Gasteiger partial charge on any atom is -0.466 e. The van der Waals surface area contributed by atoms with Crippen LogP contribution in [-0.2, 0) is 23.8 Å². The highest BCUT2D eigenvalue weighted by Crippen LogP contribution is 2.32. The molecule has 1 aliphatic carbocycles. The van der Waals surface area contributed by atoms with Crippen molar-refractivity contribution in [3.05, 3.63) is 11.8 Å². The van der Waals surface area contributed by atoms with Gasteiger partial charge in [-0.3, -0.25) is 4.79 Å². The van der Waals surface area contributed by atoms with Gasteiger partial charge in [0.1, 0.15) is 5.76 Å². The van der Waals surface area contributed by atoms with E-state index in [-0.39, 0.29) is 25.2 Å². The summed E-state index contributed by atoms with van der Waals surface area (Å²) in [6, 6.07) is 0. The molecule has 0 bridgehead atoms. The molecule has 1 aliphatic rings. The standard InChI is InChI=1S/C9H11F3O5S/c1-2-16-8(13)6-3-4-7(5-6)17-18(14,15)9(10,11)12/h4,6H,2-3,5H2,1H3. The van der Waals surface area contributed by atoms with Gasteiger partial charge in [0, 0.05) is 6.42 Å². The smallest absolute Gasteiger partial charge is 0.466 e. The molecule has 1 atom stereocenters. The van der Waals surface area contributed by atoms with Crippen molar-refractivity contribution in [2.24, 2.45) is 5.92 Å². The van der Waals surface area contributed by atoms with Gasteiger partial charge in [0.05, 0.1) is 12.5 Å². The molecule has 0 fully saturated rings. The maximum Gasteiger partial charge on any atom is 0.534 e. The van der Waals surface area contributed by atoms with Crippen molar-refractivity contribution in [1.29, 1.82) is 0 Å². The Morgan fingerprint density at radius 1 is 1.50 bits per heavy atom. The number of carbonyl (C=O) groups is 1. The molecule has 1 unspecified atom stereocenters. The third-order valence-electron chi connectivity index (χ3n) is 2.20. The number of hydrogen-bond donors (Lipinski definition) is 0. The fourth-order valence-corrected chi connectivity index (χ4v) is 1.89. The van der Waals surface area contributed by atoms with Crippen molar-refractivity contribution in [3.8, 4) is 0 Å². The average Bonchev–Trinajstić information content (AvgIpc) is 2.64. The molecule has 0 radical (unpaired) electrons. The van der Waals surface area contributed by atoms with Gasteiger partial charge in [0.2, 0.25) is 0 Å². The van der Waals surface area contributed by atoms with Gasteiger partial charge >= 0.3 is 21.6 Å². The van der Waals surface area contributed by atoms with E-state index in [0.29, 0.717) is 0 Å². The first kappa shape index (κ1) is 14.8. The summed E-state index contributed by atoms with van der Waals surface area (Å²) < 4.78 is 66.1. The Balaban J connectivity index is 2.61. The Kier molecular flexibility index (Phi) is 4.25. The van der Waals surface area contributed by atoms with E-state index >= 15 is 0 Å². The summed E-state index contributed by atoms with van der Waals surface area (Å²) in [6.45, 7) is 1.73. The van der Waals surface area contributed by atoms with Crippen molar-refractivity contribution < 1.29 is 35.3 Å². The van der Waals surface area contributed by atoms with Crippen molar-refractivity contribution in [3.63, 3.8) is 0 Å². The van der Waals surface area contributed by atoms with Crippen LogP contribution in [0.3, 0.4) is 0 Å². The monoisotopic (exact) mass is 288 g/mol. The van der Waals surface area contributed by atoms with Crippen LogP contribution >= 0.6 is 0 Å². The van der Waals surface area contributed by atoms with Crippen LogP contribution in [0.2, 0.25) is 0 Å². The SMILES string of the molecule is CCOC(=O)C1CC=C(OS(=O)(=O)C(F)(F)F)C1. The molecular weight excluding hydrogens is 277 g/mol. The number of esters is 1. The fourth-order valence-electron chi connectivity index (χ4n) is 1.38. The van der Waals surface area contributed by atoms with Crippen LogP contribution in [0.5, 0.6) is 0 Å². The van der Waals surface area contributed by atoms with Crippen LogP contribution in [0, 0.1) is 5.92 Å². The summed E-state index contributed by atoms with van der Waals surface area (Å²) >= 11 is 0. The number of rotatable bonds is 4. The molecule has 0 aromatic heterocycles. The maximum absolute atomic E-state index is 12.0. The third-order valence-corrected chi connectivity index (χ3v) is 3.20. The normalized spacial score (nSPS) is 20.4. The predicted molar refractivity (Wildman–Crippen MR) is 53.5 cm³/mol. The zero-order valence-corrected chi connectivity index (χ0v) is 10.2. The van der Waals surface area contributed by atoms with Crippen LogP contribution in [0.1, 0.15) is 19.8 Å². The Morgan fingerprint density at radius 2 is 2.11 bits per heavy atom. The average molecular weight is 288 g/mol. The molecule has 0 heterocycles. The van der Waals surface area contributed by atoms with Gasteiger partial charge in [-0.05, 0) is 19.4 Å². The van der Waals surface area contributed by atoms with Crippen LogP contribution in [0.4, 0.5) is 13.2 Å². The Bertz CT molecular complexity index is 451. The van der Waals surface area contributed by atoms with E-state index in [1.54, 1.807) is 6.92 Å². The number of allylic oxidation sites excluding steroid dienone is 2. The van der Waals surface area contributed by atoms with Crippen molar-refractivity contribution in [2.75, 3.05) is 6.61 Å². The number of hydrogen-bond acceptors (Lipinski definition) is 5. The highest BCUT2D eigenvalue weighted by molar-refractivity contribution is 7.87. The molecule has 5 nitrogen and oxygen atoms in total. The van der Waals surface area contributed by atoms with Crippen LogP contribution < -0.4 is 0 Å². The molecule has 104 valence electrons. The molecule has 0 saturated heterocycles. The van der Waals surface area contributed by atoms with E-state index in [0.717, 1.165) is 6.08 Å². The van der Waals surface area contributed by atoms with E-state index in [9.17, 15) is 26.4 Å². The van der Waals surface area contributed by atoms with E-state index in [1.807, 2.05) is 0 Å². The summed E-state index contributed by atoms with van der Waals surface area (Å²) in [6.07, 6.45) is 1.03. The number of halogens is 3. The second-order valence-electron chi connectivity index (χ2n) is 3.54. The lowest BCUT2D eigenvalue weighted by atomic mass is 10.1. The van der Waals surface area contributed by atoms with Gasteiger partial charge in [-0.2, -0.15) is 21.6 Å². The molecule has 18 heavy (non-hydrogen) atoms. The Morgan fingerprint density at radius 3 is 2.61 bits per heavy atom. The van der Waals surface area contributed by atoms with E-state index < -0.39 is 27.5 Å². The molecular formula is C9H11F3O5S. The second kappa shape index (κ2) is 5.17. The van der Waals surface area contributed by atoms with E-state index in [4.69, 9.17) is 0 Å². The molecule has 0 amide bonds. The predicted octanol–water partition coefficient (Wildman–Crippen LogP) is 1.71. The van der Waals surface area contributed by atoms with Crippen molar-refractivity contribution >= 4 is 16.1 Å². The molecule has 9 heteroatoms. The van der Waals surface area contributed by atoms with Gasteiger partial charge in [-0.1, -0.05) is 0 Å². The topological polar surface area (TPSA) is 69.7 Å². The van der Waals surface area contributed by atoms with Gasteiger partial charge in [0.25, 0.3) is 0 Å². The molecule has 0 aromatic rings. The quantitative estimate of drug-likeness (QED) is 0.447. The summed E-state index contributed by atoms with van der Waals surface area (Å²) in [5.74, 6) is -1.66. The summed E-state index contributed by atoms with van der Waals surface area (Å²) in [4.78, 5) is 11.3. The third kappa shape index (κ3) is 3.37. The zero-order valence-electron chi connectivity index (χ0n) is 9.36. The first-order valence-corrected chi connectivity index (χ1v) is 6.44. The van der Waals surface area contributed by atoms with Gasteiger partial charge in [0.15, 0.2) is 0 Å². The minimum absolute atomic E-state index is 0.0988. The number of ether oxygens (including phenoxy) is 1. The molecule has 0 aromatic carbocycles. The largest absolute Gasteiger partial charge is 0.534 e. The first-order chi connectivity index (χ1) is 8.17. The fraction of sp³-hybridized carbons (Fsp3) is 0.667. The number of carbonyl (C=O) groups excluding carboxylic acids is 1. The Hall–Kier alpha value is -1.25. The molecule has 0 saturated carbocycles. The minimum atomic E-state index is -5.66. The highest BCUT2D eigenvalue weighted by Gasteiger charge is 2.49. The first-order valence-electron chi connectivity index (χ1n) is 5.03. The second-order valence-corrected chi connectivity index (χ2v) is 5.08. The van der Waals surface area contributed by atoms with Crippen molar-refractivity contribution in [2.45, 2.75) is 25.3 Å². The molecule has 0 N–H and O–H groups in total. The molecule has 1 rings (SSSR count). The molecule has 0 aliphatic heterocycles. The van der Waals surface area contributed by atoms with E-state index in [1.165, 1.54) is 0 Å². The Labute approximate surface area is 102 Å². The lowest BCUT2D eigenvalue weighted by molar-refractivity contribution is -0.147. The zero-order chi connectivity index (χ0) is 14.0. The summed E-state index contributed by atoms with van der Waals surface area (Å²) in [7, 11) is -5.66. The van der Waals surface area contributed by atoms with Gasteiger partial charge in [-0.15, -0.1) is 0 Å². The highest BCUT2D eigenvalue weighted by atomic mass is 32.2. The maximum atomic E-state index is 12.0. The van der Waals surface area contributed by atoms with Crippen LogP contribution in [-0.4, -0.2) is 26.5 Å². The molecule has 0 spiro atoms. The lowest BCUT2D eigenvalue weighted by Crippen LogP contribution is -2.25. The summed E-state index contributed by atoms with van der Waals surface area (Å²) in [5.41, 5.74) is -5.48. The van der Waals surface area contributed by atoms with Crippen LogP contribution in [0.25, 0.3) is 0 Å². The van der Waals surface area contributed by atoms with E-state index in [2.05, 4.69) is 8.92 Å². The number of alkyl halides is 3. The lowest BCUT2D eigenvalue weighted by Gasteiger charge is -2.11. The van der Waals surface area contributed by atoms with Crippen LogP contribution in [0.15, 0.2) is 11.8 Å². The van der Waals surface area contributed by atoms with Gasteiger partial charge in [-0.25, -0.2) is 0 Å².